The van der Waals surface area contributed by atoms with Gasteiger partial charge in [0.2, 0.25) is 0 Å². The van der Waals surface area contributed by atoms with E-state index in [1.165, 1.54) is 44.4 Å². The second kappa shape index (κ2) is 6.88. The quantitative estimate of drug-likeness (QED) is 0.321. The number of hydrogen-bond acceptors (Lipinski definition) is 3. The summed E-state index contributed by atoms with van der Waals surface area (Å²) in [6, 6.07) is 28.0. The fourth-order valence-corrected chi connectivity index (χ4v) is 5.26. The van der Waals surface area contributed by atoms with Gasteiger partial charge in [-0.3, -0.25) is 0 Å². The highest BCUT2D eigenvalue weighted by Gasteiger charge is 2.27. The van der Waals surface area contributed by atoms with Crippen LogP contribution in [0.3, 0.4) is 0 Å². The predicted molar refractivity (Wildman–Crippen MR) is 135 cm³/mol. The molecule has 3 aliphatic rings. The number of allylic oxidation sites excluding steroid dienone is 3. The molecule has 3 heteroatoms. The standard InChI is InChI=1S/C30H22N2O/c1-19-30(31-28-11-4-5-18-32(19)28)21-14-12-20(13-15-21)22-16-17-27-29-24(22)8-6-9-25(29)23-7-2-3-10-26(23)33-27/h2-18,28,31H,1H3. The molecule has 4 aromatic rings. The molecule has 33 heavy (non-hydrogen) atoms. The average Bonchev–Trinajstić information content (AvgIpc) is 3.21. The molecule has 4 aromatic carbocycles. The van der Waals surface area contributed by atoms with Gasteiger partial charge >= 0.3 is 0 Å². The molecule has 1 atom stereocenters. The fourth-order valence-electron chi connectivity index (χ4n) is 5.26. The number of ether oxygens (including phenoxy) is 1. The first-order chi connectivity index (χ1) is 16.3. The summed E-state index contributed by atoms with van der Waals surface area (Å²) in [7, 11) is 0. The lowest BCUT2D eigenvalue weighted by molar-refractivity contribution is 0.402. The summed E-state index contributed by atoms with van der Waals surface area (Å²) in [5.74, 6) is 1.84. The number of rotatable bonds is 2. The SMILES string of the molecule is CC1=C(c2ccc(-c3ccc4c5c(cccc35)-c3ccccc3O4)cc2)NC2C=CC=CN12. The summed E-state index contributed by atoms with van der Waals surface area (Å²) in [4.78, 5) is 2.27. The Morgan fingerprint density at radius 3 is 2.42 bits per heavy atom. The minimum atomic E-state index is 0.202. The largest absolute Gasteiger partial charge is 0.456 e. The van der Waals surface area contributed by atoms with Crippen molar-refractivity contribution in [3.05, 3.63) is 115 Å². The van der Waals surface area contributed by atoms with E-state index in [9.17, 15) is 0 Å². The van der Waals surface area contributed by atoms with Crippen LogP contribution in [0.15, 0.2) is 109 Å². The summed E-state index contributed by atoms with van der Waals surface area (Å²) >= 11 is 0. The minimum absolute atomic E-state index is 0.202. The van der Waals surface area contributed by atoms with Crippen LogP contribution < -0.4 is 10.1 Å². The van der Waals surface area contributed by atoms with Gasteiger partial charge in [-0.1, -0.05) is 72.8 Å². The van der Waals surface area contributed by atoms with E-state index in [0.29, 0.717) is 0 Å². The van der Waals surface area contributed by atoms with Crippen LogP contribution in [0.5, 0.6) is 11.5 Å². The highest BCUT2D eigenvalue weighted by Crippen LogP contribution is 2.48. The molecule has 0 saturated carbocycles. The summed E-state index contributed by atoms with van der Waals surface area (Å²) in [6.45, 7) is 2.17. The van der Waals surface area contributed by atoms with E-state index in [1.807, 2.05) is 12.1 Å². The van der Waals surface area contributed by atoms with Crippen LogP contribution in [0.25, 0.3) is 38.7 Å². The second-order valence-electron chi connectivity index (χ2n) is 8.70. The summed E-state index contributed by atoms with van der Waals surface area (Å²) in [5.41, 5.74) is 8.44. The third-order valence-corrected chi connectivity index (χ3v) is 6.88. The smallest absolute Gasteiger partial charge is 0.135 e. The normalized spacial score (nSPS) is 17.6. The van der Waals surface area contributed by atoms with Crippen molar-refractivity contribution in [2.45, 2.75) is 13.1 Å². The Morgan fingerprint density at radius 2 is 1.55 bits per heavy atom. The van der Waals surface area contributed by atoms with Crippen LogP contribution in [0.2, 0.25) is 0 Å². The van der Waals surface area contributed by atoms with Gasteiger partial charge in [0.15, 0.2) is 0 Å². The van der Waals surface area contributed by atoms with Gasteiger partial charge in [0.1, 0.15) is 17.7 Å². The first-order valence-corrected chi connectivity index (χ1v) is 11.3. The molecule has 3 heterocycles. The van der Waals surface area contributed by atoms with E-state index < -0.39 is 0 Å². The molecule has 158 valence electrons. The molecular weight excluding hydrogens is 404 g/mol. The third kappa shape index (κ3) is 2.69. The molecule has 0 aliphatic carbocycles. The van der Waals surface area contributed by atoms with E-state index in [2.05, 4.69) is 108 Å². The van der Waals surface area contributed by atoms with Gasteiger partial charge in [0.05, 0.1) is 5.70 Å². The number of nitrogens with zero attached hydrogens (tertiary/aromatic N) is 1. The van der Waals surface area contributed by atoms with Crippen LogP contribution in [-0.4, -0.2) is 11.1 Å². The Bertz CT molecular complexity index is 1530. The van der Waals surface area contributed by atoms with Gasteiger partial charge in [0.25, 0.3) is 0 Å². The molecule has 0 spiro atoms. The predicted octanol–water partition coefficient (Wildman–Crippen LogP) is 7.28. The van der Waals surface area contributed by atoms with Crippen molar-refractivity contribution < 1.29 is 4.74 Å². The maximum atomic E-state index is 6.26. The van der Waals surface area contributed by atoms with Crippen molar-refractivity contribution in [1.82, 2.24) is 10.2 Å². The molecule has 7 rings (SSSR count). The minimum Gasteiger partial charge on any atom is -0.456 e. The van der Waals surface area contributed by atoms with E-state index in [-0.39, 0.29) is 6.17 Å². The number of para-hydroxylation sites is 1. The lowest BCUT2D eigenvalue weighted by Crippen LogP contribution is -2.32. The number of benzene rings is 4. The van der Waals surface area contributed by atoms with Crippen LogP contribution in [0, 0.1) is 0 Å². The van der Waals surface area contributed by atoms with Crippen LogP contribution in [0.1, 0.15) is 12.5 Å². The van der Waals surface area contributed by atoms with Gasteiger partial charge in [-0.15, -0.1) is 0 Å². The number of nitrogens with one attached hydrogen (secondary N) is 1. The van der Waals surface area contributed by atoms with Crippen molar-refractivity contribution in [3.8, 4) is 33.8 Å². The summed E-state index contributed by atoms with van der Waals surface area (Å²) in [5, 5.41) is 6.04. The monoisotopic (exact) mass is 426 g/mol. The highest BCUT2D eigenvalue weighted by atomic mass is 16.5. The molecule has 0 bridgehead atoms. The molecular formula is C30H22N2O. The molecule has 1 unspecified atom stereocenters. The molecule has 3 nitrogen and oxygen atoms in total. The lowest BCUT2D eigenvalue weighted by Gasteiger charge is -2.23. The average molecular weight is 427 g/mol. The topological polar surface area (TPSA) is 24.5 Å². The van der Waals surface area contributed by atoms with Crippen molar-refractivity contribution in [3.63, 3.8) is 0 Å². The third-order valence-electron chi connectivity index (χ3n) is 6.88. The first kappa shape index (κ1) is 18.3. The Labute approximate surface area is 192 Å². The number of fused-ring (bicyclic) bond motifs is 3. The van der Waals surface area contributed by atoms with Gasteiger partial charge in [-0.05, 0) is 58.8 Å². The molecule has 0 fully saturated rings. The van der Waals surface area contributed by atoms with E-state index >= 15 is 0 Å². The zero-order valence-electron chi connectivity index (χ0n) is 18.2. The molecule has 0 amide bonds. The Morgan fingerprint density at radius 1 is 0.727 bits per heavy atom. The summed E-state index contributed by atoms with van der Waals surface area (Å²) in [6.07, 6.45) is 8.68. The van der Waals surface area contributed by atoms with Crippen LogP contribution in [-0.2, 0) is 0 Å². The lowest BCUT2D eigenvalue weighted by atomic mass is 9.90. The van der Waals surface area contributed by atoms with E-state index in [4.69, 9.17) is 4.74 Å². The van der Waals surface area contributed by atoms with Crippen molar-refractivity contribution in [2.24, 2.45) is 0 Å². The maximum Gasteiger partial charge on any atom is 0.135 e. The second-order valence-corrected chi connectivity index (χ2v) is 8.70. The van der Waals surface area contributed by atoms with Gasteiger partial charge in [0, 0.05) is 22.8 Å². The summed E-state index contributed by atoms with van der Waals surface area (Å²) < 4.78 is 6.26. The first-order valence-electron chi connectivity index (χ1n) is 11.3. The Kier molecular flexibility index (Phi) is 3.82. The van der Waals surface area contributed by atoms with Crippen molar-refractivity contribution >= 4 is 16.5 Å². The zero-order valence-corrected chi connectivity index (χ0v) is 18.2. The van der Waals surface area contributed by atoms with Gasteiger partial charge in [-0.2, -0.15) is 0 Å². The molecule has 0 aromatic heterocycles. The molecule has 0 saturated heterocycles. The number of hydrogen-bond donors (Lipinski definition) is 1. The highest BCUT2D eigenvalue weighted by molar-refractivity contribution is 6.09. The Balaban J connectivity index is 1.32. The zero-order chi connectivity index (χ0) is 21.9. The fraction of sp³-hybridized carbons (Fsp3) is 0.0667. The van der Waals surface area contributed by atoms with Crippen LogP contribution >= 0.6 is 0 Å². The molecule has 3 aliphatic heterocycles. The molecule has 1 N–H and O–H groups in total. The van der Waals surface area contributed by atoms with E-state index in [1.54, 1.807) is 0 Å². The molecule has 0 radical (unpaired) electrons. The van der Waals surface area contributed by atoms with Gasteiger partial charge in [-0.25, -0.2) is 0 Å². The van der Waals surface area contributed by atoms with Gasteiger partial charge < -0.3 is 15.0 Å². The Hall–Kier alpha value is -4.24. The van der Waals surface area contributed by atoms with Crippen LogP contribution in [0.4, 0.5) is 0 Å². The van der Waals surface area contributed by atoms with E-state index in [0.717, 1.165) is 17.1 Å². The van der Waals surface area contributed by atoms with Crippen molar-refractivity contribution in [1.29, 1.82) is 0 Å². The van der Waals surface area contributed by atoms with Crippen molar-refractivity contribution in [2.75, 3.05) is 0 Å². The maximum absolute atomic E-state index is 6.26.